The maximum absolute atomic E-state index is 11.9. The van der Waals surface area contributed by atoms with Gasteiger partial charge in [-0.05, 0) is 0 Å². The first-order chi connectivity index (χ1) is 7.81. The molecular formula is C6H8F2N4O4S. The molecule has 1 aromatic rings. The molecule has 0 radical (unpaired) electrons. The average Bonchev–Trinajstić information content (AvgIpc) is 2.61. The molecule has 2 N–H and O–H groups in total. The van der Waals surface area contributed by atoms with Gasteiger partial charge in [0.25, 0.3) is 10.0 Å². The van der Waals surface area contributed by atoms with E-state index in [-0.39, 0.29) is 5.69 Å². The van der Waals surface area contributed by atoms with Crippen LogP contribution in [0.5, 0.6) is 0 Å². The first kappa shape index (κ1) is 13.4. The second-order valence-corrected chi connectivity index (χ2v) is 4.66. The Bertz CT molecular complexity index is 500. The fourth-order valence-corrected chi connectivity index (χ4v) is 1.35. The zero-order valence-electron chi connectivity index (χ0n) is 8.25. The van der Waals surface area contributed by atoms with Crippen LogP contribution < -0.4 is 4.72 Å². The number of nitrogens with zero attached hydrogens (tertiary/aromatic N) is 3. The van der Waals surface area contributed by atoms with Gasteiger partial charge in [-0.1, -0.05) is 5.21 Å². The van der Waals surface area contributed by atoms with Crippen LogP contribution in [-0.2, 0) is 27.9 Å². The van der Waals surface area contributed by atoms with Crippen LogP contribution in [0, 0.1) is 0 Å². The molecule has 96 valence electrons. The molecule has 0 aliphatic carbocycles. The van der Waals surface area contributed by atoms with Crippen LogP contribution in [0.15, 0.2) is 6.20 Å². The van der Waals surface area contributed by atoms with Gasteiger partial charge in [0.1, 0.15) is 6.54 Å². The van der Waals surface area contributed by atoms with Crippen LogP contribution in [0.1, 0.15) is 5.69 Å². The third-order valence-corrected chi connectivity index (χ3v) is 2.59. The van der Waals surface area contributed by atoms with Crippen LogP contribution in [0.25, 0.3) is 0 Å². The van der Waals surface area contributed by atoms with Crippen molar-refractivity contribution in [1.82, 2.24) is 19.7 Å². The van der Waals surface area contributed by atoms with E-state index in [1.165, 1.54) is 0 Å². The number of nitrogens with one attached hydrogen (secondary N) is 1. The van der Waals surface area contributed by atoms with E-state index in [1.54, 1.807) is 4.72 Å². The van der Waals surface area contributed by atoms with Crippen LogP contribution in [0.4, 0.5) is 8.78 Å². The minimum atomic E-state index is -4.69. The monoisotopic (exact) mass is 270 g/mol. The number of aromatic nitrogens is 3. The van der Waals surface area contributed by atoms with Gasteiger partial charge in [-0.3, -0.25) is 4.79 Å². The third kappa shape index (κ3) is 4.03. The van der Waals surface area contributed by atoms with Crippen molar-refractivity contribution in [2.75, 3.05) is 0 Å². The molecule has 0 aromatic carbocycles. The SMILES string of the molecule is O=C(O)Cn1cc(CNS(=O)(=O)C(F)F)nn1. The molecule has 0 amide bonds. The molecule has 0 atom stereocenters. The maximum atomic E-state index is 11.9. The highest BCUT2D eigenvalue weighted by molar-refractivity contribution is 7.89. The lowest BCUT2D eigenvalue weighted by Crippen LogP contribution is -2.29. The third-order valence-electron chi connectivity index (χ3n) is 1.57. The zero-order valence-corrected chi connectivity index (χ0v) is 9.06. The van der Waals surface area contributed by atoms with E-state index in [0.717, 1.165) is 10.9 Å². The predicted octanol–water partition coefficient (Wildman–Crippen LogP) is -0.995. The normalized spacial score (nSPS) is 11.9. The van der Waals surface area contributed by atoms with Crippen molar-refractivity contribution in [2.24, 2.45) is 0 Å². The van der Waals surface area contributed by atoms with Gasteiger partial charge in [0.05, 0.1) is 18.4 Å². The summed E-state index contributed by atoms with van der Waals surface area (Å²) < 4.78 is 47.7. The summed E-state index contributed by atoms with van der Waals surface area (Å²) in [6.07, 6.45) is 1.14. The summed E-state index contributed by atoms with van der Waals surface area (Å²) in [6, 6.07) is 0. The predicted molar refractivity (Wildman–Crippen MR) is 49.4 cm³/mol. The summed E-state index contributed by atoms with van der Waals surface area (Å²) in [5.41, 5.74) is 0.0375. The zero-order chi connectivity index (χ0) is 13.1. The van der Waals surface area contributed by atoms with E-state index in [2.05, 4.69) is 10.3 Å². The second kappa shape index (κ2) is 5.14. The van der Waals surface area contributed by atoms with Crippen LogP contribution in [-0.4, -0.2) is 40.2 Å². The topological polar surface area (TPSA) is 114 Å². The van der Waals surface area contributed by atoms with Gasteiger partial charge < -0.3 is 5.11 Å². The van der Waals surface area contributed by atoms with Crippen LogP contribution in [0.3, 0.4) is 0 Å². The van der Waals surface area contributed by atoms with E-state index in [9.17, 15) is 22.0 Å². The Morgan fingerprint density at radius 3 is 2.76 bits per heavy atom. The van der Waals surface area contributed by atoms with Gasteiger partial charge in [0.2, 0.25) is 0 Å². The molecule has 1 aromatic heterocycles. The Morgan fingerprint density at radius 2 is 2.24 bits per heavy atom. The van der Waals surface area contributed by atoms with Crippen molar-refractivity contribution in [3.05, 3.63) is 11.9 Å². The van der Waals surface area contributed by atoms with Crippen molar-refractivity contribution in [1.29, 1.82) is 0 Å². The number of sulfonamides is 1. The lowest BCUT2D eigenvalue weighted by atomic mass is 10.5. The lowest BCUT2D eigenvalue weighted by molar-refractivity contribution is -0.137. The Balaban J connectivity index is 2.59. The highest BCUT2D eigenvalue weighted by Crippen LogP contribution is 2.03. The number of hydrogen-bond acceptors (Lipinski definition) is 5. The molecule has 1 heterocycles. The molecule has 1 rings (SSSR count). The molecule has 0 aliphatic rings. The standard InChI is InChI=1S/C6H8F2N4O4S/c7-6(8)17(15,16)9-1-4-2-12(11-10-4)3-5(13)14/h2,6,9H,1,3H2,(H,13,14). The molecule has 0 saturated carbocycles. The molecule has 0 aliphatic heterocycles. The van der Waals surface area contributed by atoms with E-state index >= 15 is 0 Å². The number of halogens is 2. The quantitative estimate of drug-likeness (QED) is 0.685. The van der Waals surface area contributed by atoms with Gasteiger partial charge in [0, 0.05) is 0 Å². The first-order valence-electron chi connectivity index (χ1n) is 4.18. The molecule has 17 heavy (non-hydrogen) atoms. The summed E-state index contributed by atoms with van der Waals surface area (Å²) in [4.78, 5) is 10.3. The van der Waals surface area contributed by atoms with E-state index in [0.29, 0.717) is 0 Å². The second-order valence-electron chi connectivity index (χ2n) is 2.93. The number of alkyl halides is 2. The highest BCUT2D eigenvalue weighted by atomic mass is 32.2. The maximum Gasteiger partial charge on any atom is 0.350 e. The van der Waals surface area contributed by atoms with Crippen LogP contribution in [0.2, 0.25) is 0 Å². The van der Waals surface area contributed by atoms with Crippen LogP contribution >= 0.6 is 0 Å². The fourth-order valence-electron chi connectivity index (χ4n) is 0.873. The van der Waals surface area contributed by atoms with Crippen molar-refractivity contribution in [3.63, 3.8) is 0 Å². The summed E-state index contributed by atoms with van der Waals surface area (Å²) >= 11 is 0. The number of carboxylic acid groups (broad SMARTS) is 1. The van der Waals surface area contributed by atoms with Crippen molar-refractivity contribution in [2.45, 2.75) is 18.8 Å². The number of hydrogen-bond donors (Lipinski definition) is 2. The molecule has 0 spiro atoms. The number of carbonyl (C=O) groups is 1. The smallest absolute Gasteiger partial charge is 0.350 e. The lowest BCUT2D eigenvalue weighted by Gasteiger charge is -2.02. The Kier molecular flexibility index (Phi) is 4.07. The van der Waals surface area contributed by atoms with Gasteiger partial charge in [-0.25, -0.2) is 17.8 Å². The van der Waals surface area contributed by atoms with E-state index < -0.39 is 34.8 Å². The summed E-state index contributed by atoms with van der Waals surface area (Å²) in [7, 11) is -4.69. The van der Waals surface area contributed by atoms with Crippen molar-refractivity contribution < 1.29 is 27.1 Å². The molecule has 0 unspecified atom stereocenters. The first-order valence-corrected chi connectivity index (χ1v) is 5.73. The van der Waals surface area contributed by atoms with Crippen molar-refractivity contribution >= 4 is 16.0 Å². The number of carboxylic acids is 1. The van der Waals surface area contributed by atoms with Gasteiger partial charge in [0.15, 0.2) is 0 Å². The molecule has 0 fully saturated rings. The van der Waals surface area contributed by atoms with Gasteiger partial charge in [-0.2, -0.15) is 8.78 Å². The molecule has 8 nitrogen and oxygen atoms in total. The van der Waals surface area contributed by atoms with Gasteiger partial charge >= 0.3 is 11.7 Å². The fraction of sp³-hybridized carbons (Fsp3) is 0.500. The summed E-state index contributed by atoms with van der Waals surface area (Å²) in [5.74, 6) is -4.69. The summed E-state index contributed by atoms with van der Waals surface area (Å²) in [6.45, 7) is -0.930. The minimum absolute atomic E-state index is 0.0375. The average molecular weight is 270 g/mol. The number of aliphatic carboxylic acids is 1. The number of rotatable bonds is 6. The summed E-state index contributed by atoms with van der Waals surface area (Å²) in [5, 5.41) is 15.2. The Labute approximate surface area is 94.3 Å². The molecular weight excluding hydrogens is 262 g/mol. The Morgan fingerprint density at radius 1 is 1.59 bits per heavy atom. The molecule has 0 saturated heterocycles. The van der Waals surface area contributed by atoms with Crippen molar-refractivity contribution in [3.8, 4) is 0 Å². The highest BCUT2D eigenvalue weighted by Gasteiger charge is 2.23. The van der Waals surface area contributed by atoms with E-state index in [4.69, 9.17) is 5.11 Å². The minimum Gasteiger partial charge on any atom is -0.480 e. The van der Waals surface area contributed by atoms with E-state index in [1.807, 2.05) is 0 Å². The Hall–Kier alpha value is -1.62. The van der Waals surface area contributed by atoms with Gasteiger partial charge in [-0.15, -0.1) is 5.10 Å². The molecule has 0 bridgehead atoms. The molecule has 11 heteroatoms. The largest absolute Gasteiger partial charge is 0.480 e.